The van der Waals surface area contributed by atoms with E-state index in [1.54, 1.807) is 11.6 Å². The van der Waals surface area contributed by atoms with Crippen molar-refractivity contribution in [1.29, 1.82) is 0 Å². The van der Waals surface area contributed by atoms with Gasteiger partial charge in [-0.05, 0) is 12.1 Å². The number of rotatable bonds is 2. The van der Waals surface area contributed by atoms with E-state index in [0.29, 0.717) is 0 Å². The summed E-state index contributed by atoms with van der Waals surface area (Å²) in [4.78, 5) is 11.8. The van der Waals surface area contributed by atoms with Gasteiger partial charge in [-0.1, -0.05) is 25.1 Å². The second-order valence-electron chi connectivity index (χ2n) is 3.36. The molecule has 78 valence electrons. The summed E-state index contributed by atoms with van der Waals surface area (Å²) in [5.74, 6) is 0.795. The normalized spacial score (nSPS) is 10.5. The molecule has 0 amide bonds. The van der Waals surface area contributed by atoms with Gasteiger partial charge >= 0.3 is 5.69 Å². The monoisotopic (exact) mass is 203 g/mol. The fourth-order valence-corrected chi connectivity index (χ4v) is 1.52. The van der Waals surface area contributed by atoms with Crippen molar-refractivity contribution >= 4 is 0 Å². The van der Waals surface area contributed by atoms with Crippen LogP contribution in [0.1, 0.15) is 12.7 Å². The van der Waals surface area contributed by atoms with Crippen LogP contribution in [-0.4, -0.2) is 14.3 Å². The summed E-state index contributed by atoms with van der Waals surface area (Å²) >= 11 is 0. The van der Waals surface area contributed by atoms with Gasteiger partial charge in [0.05, 0.1) is 5.69 Å². The molecule has 0 bridgehead atoms. The number of hydrogen-bond acceptors (Lipinski definition) is 2. The Kier molecular flexibility index (Phi) is 2.41. The SMILES string of the molecule is CCc1nn(-c2ccccc2)c(=O)n1C. The Hall–Kier alpha value is -1.84. The summed E-state index contributed by atoms with van der Waals surface area (Å²) in [5, 5.41) is 4.27. The van der Waals surface area contributed by atoms with Crippen LogP contribution >= 0.6 is 0 Å². The van der Waals surface area contributed by atoms with Crippen LogP contribution in [0.2, 0.25) is 0 Å². The molecular formula is C11H13N3O. The van der Waals surface area contributed by atoms with E-state index < -0.39 is 0 Å². The fourth-order valence-electron chi connectivity index (χ4n) is 1.52. The highest BCUT2D eigenvalue weighted by molar-refractivity contribution is 5.29. The highest BCUT2D eigenvalue weighted by Crippen LogP contribution is 2.03. The molecule has 4 heteroatoms. The van der Waals surface area contributed by atoms with E-state index in [1.165, 1.54) is 4.68 Å². The van der Waals surface area contributed by atoms with E-state index >= 15 is 0 Å². The molecule has 0 aliphatic carbocycles. The van der Waals surface area contributed by atoms with Gasteiger partial charge in [-0.2, -0.15) is 4.68 Å². The minimum absolute atomic E-state index is 0.0990. The van der Waals surface area contributed by atoms with Gasteiger partial charge in [-0.3, -0.25) is 4.57 Å². The third-order valence-electron chi connectivity index (χ3n) is 2.39. The van der Waals surface area contributed by atoms with Crippen LogP contribution in [0, 0.1) is 0 Å². The van der Waals surface area contributed by atoms with Crippen molar-refractivity contribution in [3.05, 3.63) is 46.6 Å². The average Bonchev–Trinajstić information content (AvgIpc) is 2.57. The summed E-state index contributed by atoms with van der Waals surface area (Å²) < 4.78 is 3.01. The maximum absolute atomic E-state index is 11.8. The minimum atomic E-state index is -0.0990. The van der Waals surface area contributed by atoms with Crippen molar-refractivity contribution in [2.75, 3.05) is 0 Å². The van der Waals surface area contributed by atoms with E-state index in [2.05, 4.69) is 5.10 Å². The molecule has 15 heavy (non-hydrogen) atoms. The smallest absolute Gasteiger partial charge is 0.282 e. The van der Waals surface area contributed by atoms with Crippen molar-refractivity contribution in [2.45, 2.75) is 13.3 Å². The molecule has 0 fully saturated rings. The Balaban J connectivity index is 2.60. The lowest BCUT2D eigenvalue weighted by Gasteiger charge is -1.96. The number of benzene rings is 1. The van der Waals surface area contributed by atoms with Crippen LogP contribution in [0.4, 0.5) is 0 Å². The highest BCUT2D eigenvalue weighted by atomic mass is 16.2. The van der Waals surface area contributed by atoms with Gasteiger partial charge in [0, 0.05) is 13.5 Å². The van der Waals surface area contributed by atoms with Crippen LogP contribution < -0.4 is 5.69 Å². The molecule has 0 spiro atoms. The van der Waals surface area contributed by atoms with Crippen LogP contribution in [-0.2, 0) is 13.5 Å². The zero-order chi connectivity index (χ0) is 10.8. The number of nitrogens with zero attached hydrogens (tertiary/aromatic N) is 3. The summed E-state index contributed by atoms with van der Waals surface area (Å²) in [7, 11) is 1.74. The summed E-state index contributed by atoms with van der Waals surface area (Å²) in [6.07, 6.45) is 0.756. The first-order chi connectivity index (χ1) is 7.24. The number of aromatic nitrogens is 3. The van der Waals surface area contributed by atoms with Crippen molar-refractivity contribution in [3.63, 3.8) is 0 Å². The molecule has 0 radical (unpaired) electrons. The number of aryl methyl sites for hydroxylation is 1. The van der Waals surface area contributed by atoms with Gasteiger partial charge in [-0.25, -0.2) is 4.79 Å². The first-order valence-corrected chi connectivity index (χ1v) is 4.94. The Morgan fingerprint density at radius 1 is 1.27 bits per heavy atom. The zero-order valence-electron chi connectivity index (χ0n) is 8.84. The maximum atomic E-state index is 11.8. The Morgan fingerprint density at radius 3 is 2.47 bits per heavy atom. The van der Waals surface area contributed by atoms with Gasteiger partial charge in [0.1, 0.15) is 5.82 Å². The third-order valence-corrected chi connectivity index (χ3v) is 2.39. The molecule has 0 atom stereocenters. The Morgan fingerprint density at radius 2 is 1.93 bits per heavy atom. The van der Waals surface area contributed by atoms with Crippen molar-refractivity contribution in [3.8, 4) is 5.69 Å². The molecule has 4 nitrogen and oxygen atoms in total. The molecular weight excluding hydrogens is 190 g/mol. The third kappa shape index (κ3) is 1.58. The van der Waals surface area contributed by atoms with Gasteiger partial charge in [0.25, 0.3) is 0 Å². The van der Waals surface area contributed by atoms with E-state index in [0.717, 1.165) is 17.9 Å². The quantitative estimate of drug-likeness (QED) is 0.734. The van der Waals surface area contributed by atoms with Gasteiger partial charge < -0.3 is 0 Å². The second kappa shape index (κ2) is 3.73. The predicted octanol–water partition coefficient (Wildman–Crippen LogP) is 1.13. The first kappa shape index (κ1) is 9.71. The largest absolute Gasteiger partial charge is 0.350 e. The van der Waals surface area contributed by atoms with E-state index in [9.17, 15) is 4.79 Å². The second-order valence-corrected chi connectivity index (χ2v) is 3.36. The number of para-hydroxylation sites is 1. The van der Waals surface area contributed by atoms with Crippen molar-refractivity contribution in [2.24, 2.45) is 7.05 Å². The fraction of sp³-hybridized carbons (Fsp3) is 0.273. The molecule has 0 saturated heterocycles. The maximum Gasteiger partial charge on any atom is 0.350 e. The van der Waals surface area contributed by atoms with Gasteiger partial charge in [0.15, 0.2) is 0 Å². The van der Waals surface area contributed by atoms with Crippen LogP contribution in [0.25, 0.3) is 5.69 Å². The van der Waals surface area contributed by atoms with E-state index in [4.69, 9.17) is 0 Å². The zero-order valence-corrected chi connectivity index (χ0v) is 8.84. The van der Waals surface area contributed by atoms with Crippen molar-refractivity contribution in [1.82, 2.24) is 14.3 Å². The van der Waals surface area contributed by atoms with Crippen molar-refractivity contribution < 1.29 is 0 Å². The van der Waals surface area contributed by atoms with Crippen LogP contribution in [0.3, 0.4) is 0 Å². The van der Waals surface area contributed by atoms with E-state index in [-0.39, 0.29) is 5.69 Å². The molecule has 0 unspecified atom stereocenters. The number of hydrogen-bond donors (Lipinski definition) is 0. The van der Waals surface area contributed by atoms with Gasteiger partial charge in [0.2, 0.25) is 0 Å². The molecule has 1 heterocycles. The summed E-state index contributed by atoms with van der Waals surface area (Å²) in [5.41, 5.74) is 0.704. The van der Waals surface area contributed by atoms with Crippen LogP contribution in [0.15, 0.2) is 35.1 Å². The molecule has 1 aromatic heterocycles. The lowest BCUT2D eigenvalue weighted by molar-refractivity contribution is 0.781. The minimum Gasteiger partial charge on any atom is -0.282 e. The van der Waals surface area contributed by atoms with Crippen LogP contribution in [0.5, 0.6) is 0 Å². The topological polar surface area (TPSA) is 39.8 Å². The standard InChI is InChI=1S/C11H13N3O/c1-3-10-12-14(11(15)13(10)2)9-7-5-4-6-8-9/h4-8H,3H2,1-2H3. The molecule has 0 aliphatic heterocycles. The lowest BCUT2D eigenvalue weighted by Crippen LogP contribution is -2.21. The Bertz CT molecular complexity index is 510. The van der Waals surface area contributed by atoms with E-state index in [1.807, 2.05) is 37.3 Å². The Labute approximate surface area is 87.8 Å². The summed E-state index contributed by atoms with van der Waals surface area (Å²) in [6, 6.07) is 9.43. The predicted molar refractivity (Wildman–Crippen MR) is 58.2 cm³/mol. The average molecular weight is 203 g/mol. The molecule has 0 N–H and O–H groups in total. The molecule has 2 rings (SSSR count). The highest BCUT2D eigenvalue weighted by Gasteiger charge is 2.08. The molecule has 0 aliphatic rings. The van der Waals surface area contributed by atoms with Gasteiger partial charge in [-0.15, -0.1) is 5.10 Å². The molecule has 2 aromatic rings. The lowest BCUT2D eigenvalue weighted by atomic mass is 10.3. The summed E-state index contributed by atoms with van der Waals surface area (Å²) in [6.45, 7) is 1.98. The molecule has 0 saturated carbocycles. The first-order valence-electron chi connectivity index (χ1n) is 4.94. The molecule has 1 aromatic carbocycles.